The van der Waals surface area contributed by atoms with Gasteiger partial charge in [0.15, 0.2) is 0 Å². The summed E-state index contributed by atoms with van der Waals surface area (Å²) in [5.74, 6) is -2.46. The minimum Gasteiger partial charge on any atom is -0.374 e. The number of carbonyl (C=O) groups excluding carboxylic acids is 1. The summed E-state index contributed by atoms with van der Waals surface area (Å²) >= 11 is 0. The molecule has 0 fully saturated rings. The quantitative estimate of drug-likeness (QED) is 0.653. The van der Waals surface area contributed by atoms with Crippen LogP contribution in [0.3, 0.4) is 0 Å². The van der Waals surface area contributed by atoms with E-state index in [9.17, 15) is 23.7 Å². The highest BCUT2D eigenvalue weighted by molar-refractivity contribution is 5.96. The number of para-hydroxylation sites is 1. The van der Waals surface area contributed by atoms with Crippen molar-refractivity contribution in [2.45, 2.75) is 13.0 Å². The number of benzene rings is 2. The molecule has 2 N–H and O–H groups in total. The van der Waals surface area contributed by atoms with E-state index in [1.54, 1.807) is 6.07 Å². The highest BCUT2D eigenvalue weighted by Crippen LogP contribution is 2.20. The maximum absolute atomic E-state index is 13.5. The predicted molar refractivity (Wildman–Crippen MR) is 81.2 cm³/mol. The second-order valence-electron chi connectivity index (χ2n) is 4.76. The van der Waals surface area contributed by atoms with Crippen molar-refractivity contribution in [2.75, 3.05) is 10.6 Å². The Labute approximate surface area is 130 Å². The van der Waals surface area contributed by atoms with Crippen LogP contribution < -0.4 is 10.6 Å². The molecule has 2 aromatic rings. The standard InChI is InChI=1S/C15H13F2N3O3/c1-9(18-10-4-2-5-11(8-10)20(22)23)15(21)19-14-12(16)6-3-7-13(14)17/h2-9,18H,1H3,(H,19,21)/t9-/m0/s1. The molecule has 0 aliphatic heterocycles. The summed E-state index contributed by atoms with van der Waals surface area (Å²) in [4.78, 5) is 22.1. The van der Waals surface area contributed by atoms with Crippen LogP contribution in [0.25, 0.3) is 0 Å². The molecule has 1 amide bonds. The molecule has 0 bridgehead atoms. The number of nitro groups is 1. The topological polar surface area (TPSA) is 84.3 Å². The summed E-state index contributed by atoms with van der Waals surface area (Å²) < 4.78 is 27.0. The number of halogens is 2. The fraction of sp³-hybridized carbons (Fsp3) is 0.133. The lowest BCUT2D eigenvalue weighted by atomic mass is 10.2. The number of nitrogens with zero attached hydrogens (tertiary/aromatic N) is 1. The fourth-order valence-electron chi connectivity index (χ4n) is 1.87. The van der Waals surface area contributed by atoms with E-state index in [1.165, 1.54) is 31.2 Å². The Morgan fingerprint density at radius 1 is 1.17 bits per heavy atom. The average molecular weight is 321 g/mol. The average Bonchev–Trinajstić information content (AvgIpc) is 2.51. The Bertz CT molecular complexity index is 732. The first-order valence-corrected chi connectivity index (χ1v) is 6.64. The van der Waals surface area contributed by atoms with Gasteiger partial charge in [-0.05, 0) is 25.1 Å². The van der Waals surface area contributed by atoms with Crippen molar-refractivity contribution < 1.29 is 18.5 Å². The molecule has 0 saturated carbocycles. The molecular weight excluding hydrogens is 308 g/mol. The molecule has 120 valence electrons. The minimum absolute atomic E-state index is 0.136. The van der Waals surface area contributed by atoms with Crippen LogP contribution in [0.2, 0.25) is 0 Å². The number of hydrogen-bond acceptors (Lipinski definition) is 4. The van der Waals surface area contributed by atoms with Gasteiger partial charge in [0, 0.05) is 17.8 Å². The Balaban J connectivity index is 2.08. The summed E-state index contributed by atoms with van der Waals surface area (Å²) in [6.07, 6.45) is 0. The van der Waals surface area contributed by atoms with Crippen molar-refractivity contribution >= 4 is 23.0 Å². The van der Waals surface area contributed by atoms with E-state index >= 15 is 0 Å². The van der Waals surface area contributed by atoms with Gasteiger partial charge < -0.3 is 10.6 Å². The van der Waals surface area contributed by atoms with Gasteiger partial charge in [0.05, 0.1) is 4.92 Å². The molecule has 0 saturated heterocycles. The lowest BCUT2D eigenvalue weighted by Crippen LogP contribution is -2.32. The summed E-state index contributed by atoms with van der Waals surface area (Å²) in [6, 6.07) is 7.94. The van der Waals surface area contributed by atoms with Gasteiger partial charge in [0.1, 0.15) is 23.4 Å². The van der Waals surface area contributed by atoms with Crippen molar-refractivity contribution in [1.29, 1.82) is 0 Å². The number of anilines is 2. The molecule has 1 atom stereocenters. The molecule has 2 rings (SSSR count). The normalized spacial score (nSPS) is 11.6. The van der Waals surface area contributed by atoms with Gasteiger partial charge in [-0.1, -0.05) is 12.1 Å². The van der Waals surface area contributed by atoms with Gasteiger partial charge in [-0.3, -0.25) is 14.9 Å². The molecule has 0 heterocycles. The third kappa shape index (κ3) is 4.00. The van der Waals surface area contributed by atoms with Crippen LogP contribution in [0, 0.1) is 21.7 Å². The van der Waals surface area contributed by atoms with Gasteiger partial charge in [-0.15, -0.1) is 0 Å². The fourth-order valence-corrected chi connectivity index (χ4v) is 1.87. The molecule has 6 nitrogen and oxygen atoms in total. The second kappa shape index (κ2) is 6.82. The molecule has 23 heavy (non-hydrogen) atoms. The van der Waals surface area contributed by atoms with Crippen LogP contribution in [0.5, 0.6) is 0 Å². The zero-order chi connectivity index (χ0) is 17.0. The Kier molecular flexibility index (Phi) is 4.85. The molecule has 0 radical (unpaired) electrons. The van der Waals surface area contributed by atoms with Crippen LogP contribution in [-0.2, 0) is 4.79 Å². The second-order valence-corrected chi connectivity index (χ2v) is 4.76. The van der Waals surface area contributed by atoms with Crippen LogP contribution in [0.15, 0.2) is 42.5 Å². The Morgan fingerprint density at radius 2 is 1.78 bits per heavy atom. The number of carbonyl (C=O) groups is 1. The number of non-ortho nitro benzene ring substituents is 1. The summed E-state index contributed by atoms with van der Waals surface area (Å²) in [5.41, 5.74) is -0.330. The van der Waals surface area contributed by atoms with Crippen molar-refractivity contribution in [1.82, 2.24) is 0 Å². The zero-order valence-electron chi connectivity index (χ0n) is 12.0. The van der Waals surface area contributed by atoms with Crippen LogP contribution in [0.1, 0.15) is 6.92 Å². The van der Waals surface area contributed by atoms with E-state index in [2.05, 4.69) is 10.6 Å². The third-order valence-corrected chi connectivity index (χ3v) is 3.04. The van der Waals surface area contributed by atoms with E-state index in [0.717, 1.165) is 12.1 Å². The number of amides is 1. The molecular formula is C15H13F2N3O3. The van der Waals surface area contributed by atoms with Crippen LogP contribution in [-0.4, -0.2) is 16.9 Å². The molecule has 0 spiro atoms. The molecule has 2 aromatic carbocycles. The maximum atomic E-state index is 13.5. The van der Waals surface area contributed by atoms with Crippen molar-refractivity contribution in [3.8, 4) is 0 Å². The highest BCUT2D eigenvalue weighted by atomic mass is 19.1. The molecule has 0 aliphatic carbocycles. The first-order valence-electron chi connectivity index (χ1n) is 6.64. The third-order valence-electron chi connectivity index (χ3n) is 3.04. The zero-order valence-corrected chi connectivity index (χ0v) is 12.0. The molecule has 0 aliphatic rings. The first-order chi connectivity index (χ1) is 10.9. The van der Waals surface area contributed by atoms with Crippen LogP contribution >= 0.6 is 0 Å². The maximum Gasteiger partial charge on any atom is 0.271 e. The van der Waals surface area contributed by atoms with Gasteiger partial charge in [-0.2, -0.15) is 0 Å². The van der Waals surface area contributed by atoms with E-state index < -0.39 is 34.2 Å². The highest BCUT2D eigenvalue weighted by Gasteiger charge is 2.18. The Hall–Kier alpha value is -3.03. The summed E-state index contributed by atoms with van der Waals surface area (Å²) in [7, 11) is 0. The van der Waals surface area contributed by atoms with Gasteiger partial charge in [0.25, 0.3) is 5.69 Å². The van der Waals surface area contributed by atoms with Crippen molar-refractivity contribution in [3.63, 3.8) is 0 Å². The predicted octanol–water partition coefficient (Wildman–Crippen LogP) is 3.31. The number of hydrogen-bond donors (Lipinski definition) is 2. The van der Waals surface area contributed by atoms with E-state index in [4.69, 9.17) is 0 Å². The SMILES string of the molecule is C[C@H](Nc1cccc([N+](=O)[O-])c1)C(=O)Nc1c(F)cccc1F. The smallest absolute Gasteiger partial charge is 0.271 e. The molecule has 8 heteroatoms. The van der Waals surface area contributed by atoms with Crippen LogP contribution in [0.4, 0.5) is 25.8 Å². The first kappa shape index (κ1) is 16.3. The lowest BCUT2D eigenvalue weighted by molar-refractivity contribution is -0.384. The molecule has 0 unspecified atom stereocenters. The number of nitro benzene ring substituents is 1. The number of nitrogens with one attached hydrogen (secondary N) is 2. The lowest BCUT2D eigenvalue weighted by Gasteiger charge is -2.15. The van der Waals surface area contributed by atoms with E-state index in [-0.39, 0.29) is 5.69 Å². The van der Waals surface area contributed by atoms with Gasteiger partial charge in [0.2, 0.25) is 5.91 Å². The van der Waals surface area contributed by atoms with Gasteiger partial charge in [-0.25, -0.2) is 8.78 Å². The number of rotatable bonds is 5. The summed E-state index contributed by atoms with van der Waals surface area (Å²) in [6.45, 7) is 1.47. The molecule has 0 aromatic heterocycles. The largest absolute Gasteiger partial charge is 0.374 e. The monoisotopic (exact) mass is 321 g/mol. The van der Waals surface area contributed by atoms with Crippen molar-refractivity contribution in [2.24, 2.45) is 0 Å². The Morgan fingerprint density at radius 3 is 2.39 bits per heavy atom. The minimum atomic E-state index is -0.888. The van der Waals surface area contributed by atoms with Crippen molar-refractivity contribution in [3.05, 3.63) is 64.2 Å². The van der Waals surface area contributed by atoms with E-state index in [0.29, 0.717) is 5.69 Å². The van der Waals surface area contributed by atoms with Gasteiger partial charge >= 0.3 is 0 Å². The van der Waals surface area contributed by atoms with E-state index in [1.807, 2.05) is 0 Å². The summed E-state index contributed by atoms with van der Waals surface area (Å²) in [5, 5.41) is 15.6.